The molecule has 0 unspecified atom stereocenters. The molecule has 1 aliphatic rings. The van der Waals surface area contributed by atoms with Crippen LogP contribution in [0.4, 0.5) is 5.69 Å². The van der Waals surface area contributed by atoms with Crippen molar-refractivity contribution in [1.82, 2.24) is 4.90 Å². The van der Waals surface area contributed by atoms with Gasteiger partial charge < -0.3 is 9.84 Å². The quantitative estimate of drug-likeness (QED) is 0.151. The number of thioether (sulfide) groups is 1. The average molecular weight is 681 g/mol. The van der Waals surface area contributed by atoms with Crippen LogP contribution in [0, 0.1) is 3.57 Å². The van der Waals surface area contributed by atoms with Gasteiger partial charge in [-0.1, -0.05) is 60.1 Å². The van der Waals surface area contributed by atoms with E-state index in [4.69, 9.17) is 21.3 Å². The van der Waals surface area contributed by atoms with E-state index in [1.54, 1.807) is 17.0 Å². The Morgan fingerprint density at radius 1 is 0.975 bits per heavy atom. The molecule has 0 atom stereocenters. The van der Waals surface area contributed by atoms with Gasteiger partial charge in [0.15, 0.2) is 5.17 Å². The van der Waals surface area contributed by atoms with Crippen molar-refractivity contribution in [2.45, 2.75) is 13.2 Å². The molecular formula is C31H22ClIN2O4S. The number of amidine groups is 1. The molecule has 6 nitrogen and oxygen atoms in total. The second-order valence-electron chi connectivity index (χ2n) is 8.84. The van der Waals surface area contributed by atoms with E-state index in [9.17, 15) is 14.7 Å². The van der Waals surface area contributed by atoms with Crippen molar-refractivity contribution >= 4 is 74.8 Å². The minimum atomic E-state index is -0.994. The van der Waals surface area contributed by atoms with Gasteiger partial charge in [-0.15, -0.1) is 0 Å². The first-order valence-corrected chi connectivity index (χ1v) is 14.5. The number of carboxylic acid groups (broad SMARTS) is 1. The van der Waals surface area contributed by atoms with E-state index in [1.807, 2.05) is 78.9 Å². The summed E-state index contributed by atoms with van der Waals surface area (Å²) in [7, 11) is 0. The lowest BCUT2D eigenvalue weighted by Crippen LogP contribution is -2.28. The van der Waals surface area contributed by atoms with Crippen LogP contribution >= 0.6 is 46.0 Å². The maximum Gasteiger partial charge on any atom is 0.335 e. The van der Waals surface area contributed by atoms with Crippen molar-refractivity contribution in [3.8, 4) is 5.75 Å². The molecule has 0 aromatic heterocycles. The van der Waals surface area contributed by atoms with Crippen molar-refractivity contribution in [3.05, 3.63) is 133 Å². The number of amides is 1. The molecule has 0 spiro atoms. The van der Waals surface area contributed by atoms with Crippen LogP contribution < -0.4 is 4.74 Å². The summed E-state index contributed by atoms with van der Waals surface area (Å²) in [5.41, 5.74) is 3.62. The van der Waals surface area contributed by atoms with Crippen LogP contribution in [0.3, 0.4) is 0 Å². The SMILES string of the molecule is O=C(O)c1ccc(CN2C(=O)/C(=C/c3ccc(OCc4ccc(Cl)cc4)c(I)c3)SC2=Nc2ccccc2)cc1. The standard InChI is InChI=1S/C31H22ClIN2O4S/c32-24-13-8-21(9-14-24)19-39-27-15-10-22(16-26(27)33)17-28-29(36)35(18-20-6-11-23(12-7-20)30(37)38)31(40-28)34-25-4-2-1-3-5-25/h1-17H,18-19H2,(H,37,38)/b28-17-,34-31?. The highest BCUT2D eigenvalue weighted by molar-refractivity contribution is 14.1. The molecule has 1 aliphatic heterocycles. The highest BCUT2D eigenvalue weighted by Gasteiger charge is 2.33. The van der Waals surface area contributed by atoms with Crippen molar-refractivity contribution in [1.29, 1.82) is 0 Å². The summed E-state index contributed by atoms with van der Waals surface area (Å²) in [6, 6.07) is 29.3. The zero-order valence-corrected chi connectivity index (χ0v) is 24.7. The van der Waals surface area contributed by atoms with Gasteiger partial charge >= 0.3 is 5.97 Å². The predicted molar refractivity (Wildman–Crippen MR) is 168 cm³/mol. The van der Waals surface area contributed by atoms with Crippen molar-refractivity contribution in [2.75, 3.05) is 0 Å². The number of carbonyl (C=O) groups excluding carboxylic acids is 1. The topological polar surface area (TPSA) is 79.2 Å². The molecule has 1 fully saturated rings. The number of aromatic carboxylic acids is 1. The number of hydrogen-bond acceptors (Lipinski definition) is 5. The van der Waals surface area contributed by atoms with Gasteiger partial charge in [-0.25, -0.2) is 9.79 Å². The Hall–Kier alpha value is -3.60. The van der Waals surface area contributed by atoms with E-state index in [-0.39, 0.29) is 18.0 Å². The summed E-state index contributed by atoms with van der Waals surface area (Å²) in [6.45, 7) is 0.688. The fraction of sp³-hybridized carbons (Fsp3) is 0.0645. The molecule has 1 heterocycles. The normalized spacial score (nSPS) is 15.2. The molecule has 1 saturated heterocycles. The van der Waals surface area contributed by atoms with Gasteiger partial charge in [-0.05, 0) is 106 Å². The number of halogens is 2. The summed E-state index contributed by atoms with van der Waals surface area (Å²) < 4.78 is 6.91. The Balaban J connectivity index is 1.37. The van der Waals surface area contributed by atoms with E-state index >= 15 is 0 Å². The number of carbonyl (C=O) groups is 2. The first-order valence-electron chi connectivity index (χ1n) is 12.2. The number of ether oxygens (including phenoxy) is 1. The van der Waals surface area contributed by atoms with Crippen LogP contribution in [0.1, 0.15) is 27.0 Å². The summed E-state index contributed by atoms with van der Waals surface area (Å²) in [4.78, 5) is 31.7. The number of benzene rings is 4. The monoisotopic (exact) mass is 680 g/mol. The Bertz CT molecular complexity index is 1610. The number of nitrogens with zero attached hydrogens (tertiary/aromatic N) is 2. The number of aliphatic imine (C=N–C) groups is 1. The van der Waals surface area contributed by atoms with E-state index in [0.717, 1.165) is 31.7 Å². The van der Waals surface area contributed by atoms with Crippen LogP contribution in [0.5, 0.6) is 5.75 Å². The van der Waals surface area contributed by atoms with Crippen molar-refractivity contribution in [3.63, 3.8) is 0 Å². The molecule has 4 aromatic carbocycles. The molecule has 9 heteroatoms. The largest absolute Gasteiger partial charge is 0.488 e. The molecular weight excluding hydrogens is 659 g/mol. The van der Waals surface area contributed by atoms with E-state index in [2.05, 4.69) is 22.6 Å². The number of carboxylic acids is 1. The van der Waals surface area contributed by atoms with Gasteiger partial charge in [0.25, 0.3) is 5.91 Å². The maximum absolute atomic E-state index is 13.6. The van der Waals surface area contributed by atoms with Crippen LogP contribution in [-0.4, -0.2) is 27.1 Å². The van der Waals surface area contributed by atoms with Crippen molar-refractivity contribution < 1.29 is 19.4 Å². The first-order chi connectivity index (χ1) is 19.4. The lowest BCUT2D eigenvalue weighted by molar-refractivity contribution is -0.122. The Labute approximate surface area is 254 Å². The molecule has 5 rings (SSSR count). The van der Waals surface area contributed by atoms with Crippen LogP contribution in [0.15, 0.2) is 107 Å². The molecule has 0 bridgehead atoms. The summed E-state index contributed by atoms with van der Waals surface area (Å²) in [5.74, 6) is -0.409. The summed E-state index contributed by atoms with van der Waals surface area (Å²) in [5, 5.41) is 10.4. The van der Waals surface area contributed by atoms with E-state index in [1.165, 1.54) is 23.9 Å². The second kappa shape index (κ2) is 12.7. The molecule has 40 heavy (non-hydrogen) atoms. The molecule has 4 aromatic rings. The van der Waals surface area contributed by atoms with Gasteiger partial charge in [0, 0.05) is 5.02 Å². The van der Waals surface area contributed by atoms with Gasteiger partial charge in [0.05, 0.1) is 26.3 Å². The third-order valence-electron chi connectivity index (χ3n) is 5.97. The van der Waals surface area contributed by atoms with Gasteiger partial charge in [0.2, 0.25) is 0 Å². The fourth-order valence-electron chi connectivity index (χ4n) is 3.90. The van der Waals surface area contributed by atoms with Gasteiger partial charge in [-0.2, -0.15) is 0 Å². The van der Waals surface area contributed by atoms with Crippen molar-refractivity contribution in [2.24, 2.45) is 4.99 Å². The number of para-hydroxylation sites is 1. The summed E-state index contributed by atoms with van der Waals surface area (Å²) in [6.07, 6.45) is 1.85. The Morgan fingerprint density at radius 3 is 2.35 bits per heavy atom. The first kappa shape index (κ1) is 27.9. The average Bonchev–Trinajstić information content (AvgIpc) is 3.23. The molecule has 1 N–H and O–H groups in total. The van der Waals surface area contributed by atoms with Gasteiger partial charge in [-0.3, -0.25) is 9.69 Å². The number of rotatable bonds is 8. The highest BCUT2D eigenvalue weighted by Crippen LogP contribution is 2.36. The fourth-order valence-corrected chi connectivity index (χ4v) is 5.72. The smallest absolute Gasteiger partial charge is 0.335 e. The lowest BCUT2D eigenvalue weighted by atomic mass is 10.1. The van der Waals surface area contributed by atoms with Crippen LogP contribution in [0.25, 0.3) is 6.08 Å². The molecule has 0 radical (unpaired) electrons. The number of hydrogen-bond donors (Lipinski definition) is 1. The van der Waals surface area contributed by atoms with Crippen LogP contribution in [-0.2, 0) is 17.9 Å². The molecule has 0 saturated carbocycles. The van der Waals surface area contributed by atoms with Crippen LogP contribution in [0.2, 0.25) is 5.02 Å². The molecule has 1 amide bonds. The minimum Gasteiger partial charge on any atom is -0.488 e. The maximum atomic E-state index is 13.6. The third kappa shape index (κ3) is 6.93. The highest BCUT2D eigenvalue weighted by atomic mass is 127. The molecule has 200 valence electrons. The van der Waals surface area contributed by atoms with E-state index in [0.29, 0.717) is 21.7 Å². The summed E-state index contributed by atoms with van der Waals surface area (Å²) >= 11 is 9.50. The zero-order valence-electron chi connectivity index (χ0n) is 21.0. The third-order valence-corrected chi connectivity index (χ3v) is 8.07. The van der Waals surface area contributed by atoms with E-state index < -0.39 is 5.97 Å². The second-order valence-corrected chi connectivity index (χ2v) is 11.4. The molecule has 0 aliphatic carbocycles. The predicted octanol–water partition coefficient (Wildman–Crippen LogP) is 8.03. The lowest BCUT2D eigenvalue weighted by Gasteiger charge is -2.16. The Kier molecular flexibility index (Phi) is 8.88. The van der Waals surface area contributed by atoms with Gasteiger partial charge in [0.1, 0.15) is 12.4 Å². The minimum absolute atomic E-state index is 0.167. The zero-order chi connectivity index (χ0) is 28.1. The Morgan fingerprint density at radius 2 is 1.68 bits per heavy atom.